The molecule has 0 bridgehead atoms. The Labute approximate surface area is 112 Å². The molecule has 1 saturated heterocycles. The van der Waals surface area contributed by atoms with Gasteiger partial charge in [-0.05, 0) is 32.0 Å². The molecule has 1 amide bonds. The first kappa shape index (κ1) is 12.2. The van der Waals surface area contributed by atoms with Crippen molar-refractivity contribution in [3.05, 3.63) is 30.0 Å². The molecule has 1 unspecified atom stereocenters. The number of fused-ring (bicyclic) bond motifs is 1. The molecule has 2 N–H and O–H groups in total. The molecule has 1 aliphatic rings. The normalized spacial score (nSPS) is 19.2. The number of carbonyl (C=O) groups excluding carboxylic acids is 1. The van der Waals surface area contributed by atoms with E-state index >= 15 is 0 Å². The third-order valence-electron chi connectivity index (χ3n) is 3.77. The molecule has 1 aromatic carbocycles. The van der Waals surface area contributed by atoms with E-state index < -0.39 is 0 Å². The number of amides is 1. The number of rotatable bonds is 3. The van der Waals surface area contributed by atoms with Gasteiger partial charge >= 0.3 is 0 Å². The second-order valence-corrected chi connectivity index (χ2v) is 5.02. The Bertz CT molecular complexity index is 592. The van der Waals surface area contributed by atoms with E-state index in [4.69, 9.17) is 0 Å². The van der Waals surface area contributed by atoms with Crippen molar-refractivity contribution < 1.29 is 4.79 Å². The van der Waals surface area contributed by atoms with E-state index in [0.29, 0.717) is 6.04 Å². The number of hydrogen-bond acceptors (Lipinski definition) is 3. The van der Waals surface area contributed by atoms with Gasteiger partial charge < -0.3 is 10.2 Å². The van der Waals surface area contributed by atoms with E-state index in [0.717, 1.165) is 42.4 Å². The van der Waals surface area contributed by atoms with Gasteiger partial charge in [-0.2, -0.15) is 5.10 Å². The second kappa shape index (κ2) is 5.01. The smallest absolute Gasteiger partial charge is 0.254 e. The van der Waals surface area contributed by atoms with Crippen molar-refractivity contribution in [2.75, 3.05) is 20.1 Å². The SMILES string of the molecule is CNCC1CCCN1C(=O)c1ccc2cn[nH]c2c1. The first-order valence-electron chi connectivity index (χ1n) is 6.68. The van der Waals surface area contributed by atoms with Gasteiger partial charge in [-0.3, -0.25) is 9.89 Å². The lowest BCUT2D eigenvalue weighted by molar-refractivity contribution is 0.0737. The van der Waals surface area contributed by atoms with Crippen molar-refractivity contribution in [1.29, 1.82) is 0 Å². The zero-order chi connectivity index (χ0) is 13.2. The maximum atomic E-state index is 12.6. The molecule has 5 heteroatoms. The summed E-state index contributed by atoms with van der Waals surface area (Å²) in [6, 6.07) is 6.03. The first-order chi connectivity index (χ1) is 9.29. The predicted octanol–water partition coefficient (Wildman–Crippen LogP) is 1.39. The van der Waals surface area contributed by atoms with E-state index in [1.165, 1.54) is 0 Å². The molecular formula is C14H18N4O. The summed E-state index contributed by atoms with van der Waals surface area (Å²) >= 11 is 0. The van der Waals surface area contributed by atoms with Crippen LogP contribution in [0, 0.1) is 0 Å². The molecule has 19 heavy (non-hydrogen) atoms. The Morgan fingerprint density at radius 2 is 2.47 bits per heavy atom. The third kappa shape index (κ3) is 2.21. The van der Waals surface area contributed by atoms with Gasteiger partial charge in [0.1, 0.15) is 0 Å². The van der Waals surface area contributed by atoms with Crippen LogP contribution in [0.4, 0.5) is 0 Å². The Morgan fingerprint density at radius 3 is 3.32 bits per heavy atom. The number of benzene rings is 1. The number of hydrogen-bond donors (Lipinski definition) is 2. The predicted molar refractivity (Wildman–Crippen MR) is 74.1 cm³/mol. The van der Waals surface area contributed by atoms with Gasteiger partial charge in [0.25, 0.3) is 5.91 Å². The fourth-order valence-corrected chi connectivity index (χ4v) is 2.79. The van der Waals surface area contributed by atoms with Crippen molar-refractivity contribution in [2.45, 2.75) is 18.9 Å². The van der Waals surface area contributed by atoms with Crippen LogP contribution in [-0.2, 0) is 0 Å². The van der Waals surface area contributed by atoms with Crippen LogP contribution >= 0.6 is 0 Å². The minimum atomic E-state index is 0.120. The highest BCUT2D eigenvalue weighted by Crippen LogP contribution is 2.21. The van der Waals surface area contributed by atoms with Crippen LogP contribution in [0.25, 0.3) is 10.9 Å². The van der Waals surface area contributed by atoms with Crippen LogP contribution in [0.15, 0.2) is 24.4 Å². The molecule has 1 aliphatic heterocycles. The van der Waals surface area contributed by atoms with Crippen LogP contribution in [-0.4, -0.2) is 47.2 Å². The molecule has 0 saturated carbocycles. The number of aromatic nitrogens is 2. The fourth-order valence-electron chi connectivity index (χ4n) is 2.79. The maximum Gasteiger partial charge on any atom is 0.254 e. The highest BCUT2D eigenvalue weighted by Gasteiger charge is 2.28. The van der Waals surface area contributed by atoms with Crippen molar-refractivity contribution in [3.63, 3.8) is 0 Å². The van der Waals surface area contributed by atoms with E-state index in [1.54, 1.807) is 6.20 Å². The molecule has 1 fully saturated rings. The topological polar surface area (TPSA) is 61.0 Å². The molecule has 0 aliphatic carbocycles. The van der Waals surface area contributed by atoms with E-state index in [2.05, 4.69) is 15.5 Å². The van der Waals surface area contributed by atoms with E-state index in [-0.39, 0.29) is 5.91 Å². The number of nitrogens with zero attached hydrogens (tertiary/aromatic N) is 2. The van der Waals surface area contributed by atoms with Gasteiger partial charge in [0.2, 0.25) is 0 Å². The largest absolute Gasteiger partial charge is 0.334 e. The Morgan fingerprint density at radius 1 is 1.58 bits per heavy atom. The van der Waals surface area contributed by atoms with Crippen molar-refractivity contribution >= 4 is 16.8 Å². The lowest BCUT2D eigenvalue weighted by atomic mass is 10.1. The average Bonchev–Trinajstić information content (AvgIpc) is 3.05. The standard InChI is InChI=1S/C14H18N4O/c1-15-9-12-3-2-6-18(12)14(19)10-4-5-11-8-16-17-13(11)7-10/h4-5,7-8,12,15H,2-3,6,9H2,1H3,(H,16,17). The maximum absolute atomic E-state index is 12.6. The number of likely N-dealkylation sites (N-methyl/N-ethyl adjacent to an activating group) is 1. The summed E-state index contributed by atoms with van der Waals surface area (Å²) in [4.78, 5) is 14.5. The lowest BCUT2D eigenvalue weighted by Gasteiger charge is -2.24. The molecule has 5 nitrogen and oxygen atoms in total. The fraction of sp³-hybridized carbons (Fsp3) is 0.429. The van der Waals surface area contributed by atoms with E-state index in [1.807, 2.05) is 30.1 Å². The van der Waals surface area contributed by atoms with Crippen LogP contribution < -0.4 is 5.32 Å². The summed E-state index contributed by atoms with van der Waals surface area (Å²) in [6.45, 7) is 1.71. The van der Waals surface area contributed by atoms with Crippen LogP contribution in [0.1, 0.15) is 23.2 Å². The minimum Gasteiger partial charge on any atom is -0.334 e. The Hall–Kier alpha value is -1.88. The number of carbonyl (C=O) groups is 1. The highest BCUT2D eigenvalue weighted by molar-refractivity contribution is 5.98. The average molecular weight is 258 g/mol. The summed E-state index contributed by atoms with van der Waals surface area (Å²) in [5.41, 5.74) is 1.65. The van der Waals surface area contributed by atoms with Gasteiger partial charge in [-0.1, -0.05) is 6.07 Å². The molecule has 0 spiro atoms. The highest BCUT2D eigenvalue weighted by atomic mass is 16.2. The summed E-state index contributed by atoms with van der Waals surface area (Å²) in [6.07, 6.45) is 3.94. The van der Waals surface area contributed by atoms with Gasteiger partial charge in [0.05, 0.1) is 11.7 Å². The third-order valence-corrected chi connectivity index (χ3v) is 3.77. The van der Waals surface area contributed by atoms with Gasteiger partial charge in [-0.15, -0.1) is 0 Å². The molecule has 0 radical (unpaired) electrons. The molecular weight excluding hydrogens is 240 g/mol. The molecule has 1 aromatic heterocycles. The van der Waals surface area contributed by atoms with Gasteiger partial charge in [0, 0.05) is 30.1 Å². The van der Waals surface area contributed by atoms with Crippen LogP contribution in [0.3, 0.4) is 0 Å². The number of nitrogens with one attached hydrogen (secondary N) is 2. The van der Waals surface area contributed by atoms with Crippen molar-refractivity contribution in [1.82, 2.24) is 20.4 Å². The first-order valence-corrected chi connectivity index (χ1v) is 6.68. The quantitative estimate of drug-likeness (QED) is 0.874. The van der Waals surface area contributed by atoms with Crippen LogP contribution in [0.5, 0.6) is 0 Å². The monoisotopic (exact) mass is 258 g/mol. The second-order valence-electron chi connectivity index (χ2n) is 5.02. The number of aromatic amines is 1. The molecule has 2 heterocycles. The summed E-state index contributed by atoms with van der Waals surface area (Å²) in [5.74, 6) is 0.120. The van der Waals surface area contributed by atoms with Gasteiger partial charge in [0.15, 0.2) is 0 Å². The minimum absolute atomic E-state index is 0.120. The molecule has 3 rings (SSSR count). The number of likely N-dealkylation sites (tertiary alicyclic amines) is 1. The summed E-state index contributed by atoms with van der Waals surface area (Å²) in [7, 11) is 1.93. The van der Waals surface area contributed by atoms with Crippen LogP contribution in [0.2, 0.25) is 0 Å². The lowest BCUT2D eigenvalue weighted by Crippen LogP contribution is -2.40. The zero-order valence-electron chi connectivity index (χ0n) is 11.0. The summed E-state index contributed by atoms with van der Waals surface area (Å²) in [5, 5.41) is 11.1. The Kier molecular flexibility index (Phi) is 3.21. The number of H-pyrrole nitrogens is 1. The molecule has 1 atom stereocenters. The van der Waals surface area contributed by atoms with Gasteiger partial charge in [-0.25, -0.2) is 0 Å². The Balaban J connectivity index is 1.86. The molecule has 2 aromatic rings. The van der Waals surface area contributed by atoms with E-state index in [9.17, 15) is 4.79 Å². The van der Waals surface area contributed by atoms with Crippen molar-refractivity contribution in [2.24, 2.45) is 0 Å². The van der Waals surface area contributed by atoms with Crippen molar-refractivity contribution in [3.8, 4) is 0 Å². The zero-order valence-corrected chi connectivity index (χ0v) is 11.0. The summed E-state index contributed by atoms with van der Waals surface area (Å²) < 4.78 is 0. The molecule has 100 valence electrons.